The first kappa shape index (κ1) is 44.0. The fourth-order valence-corrected chi connectivity index (χ4v) is 8.53. The van der Waals surface area contributed by atoms with Crippen LogP contribution >= 0.6 is 0 Å². The van der Waals surface area contributed by atoms with Crippen LogP contribution in [0.4, 0.5) is 0 Å². The Morgan fingerprint density at radius 3 is 1.54 bits per heavy atom. The summed E-state index contributed by atoms with van der Waals surface area (Å²) in [6.07, 6.45) is 12.0. The first-order valence-corrected chi connectivity index (χ1v) is 20.5. The van der Waals surface area contributed by atoms with Crippen molar-refractivity contribution in [1.29, 1.82) is 0 Å². The number of rotatable bonds is 8. The second kappa shape index (κ2) is 18.6. The van der Waals surface area contributed by atoms with Gasteiger partial charge < -0.3 is 29.2 Å². The van der Waals surface area contributed by atoms with Gasteiger partial charge in [0.1, 0.15) is 0 Å². The Morgan fingerprint density at radius 2 is 1.02 bits per heavy atom. The van der Waals surface area contributed by atoms with Crippen molar-refractivity contribution in [3.8, 4) is 0 Å². The summed E-state index contributed by atoms with van der Waals surface area (Å²) in [7, 11) is 5.39. The van der Waals surface area contributed by atoms with Crippen molar-refractivity contribution in [2.24, 2.45) is 9.98 Å². The molecule has 4 aliphatic rings. The average Bonchev–Trinajstić information content (AvgIpc) is 4.20. The van der Waals surface area contributed by atoms with Crippen LogP contribution in [0.25, 0.3) is 16.5 Å². The molecule has 322 valence electrons. The Kier molecular flexibility index (Phi) is 12.6. The minimum absolute atomic E-state index is 0. The molecule has 65 heavy (non-hydrogen) atoms. The van der Waals surface area contributed by atoms with Crippen LogP contribution in [0.2, 0.25) is 0 Å². The zero-order chi connectivity index (χ0) is 44.5. The second-order valence-electron chi connectivity index (χ2n) is 15.3. The third kappa shape index (κ3) is 8.47. The Balaban J connectivity index is 0.00000576. The van der Waals surface area contributed by atoms with Gasteiger partial charge in [-0.25, -0.2) is 19.2 Å². The standard InChI is InChI=1S/C52H41N4O8.Fe/c1-61-49(57)33-13-5-29(6-14-33)45-37-21-23-39(53-37)46(30-7-15-34(16-8-30)50(58)62-2)41-25-27-43(55-41)48(32-11-19-36(20-12-32)52(60)64-4)44-28-26-42(56-44)47(40-24-22-38(45)54-40)31-9-17-35(18-10-31)51(59)63-3;/h5-28,37,43,45,48H,1-4H3,(H-,53,54,55,56,58);/q-1;+4/p-1. The summed E-state index contributed by atoms with van der Waals surface area (Å²) in [5.74, 6) is -2.59. The molecule has 4 unspecified atom stereocenters. The number of aromatic nitrogens is 1. The SMILES string of the molecule is COC(=O)c1ccc(/C2=C3\C=CC([N-]3)C(c3ccc(C(=O)OC)cc3)C3=N/C(=C(/c4ccc(C(=O)OC)cc4)c4ccc([n-]4)C(c4ccc(C(=O)OC)cc4)C4C=CC2=N4)C=C3)cc1.[Fe+4]. The number of methoxy groups -OCH3 is 4. The third-order valence-electron chi connectivity index (χ3n) is 11.7. The number of carbonyl (C=O) groups excluding carboxylic acids is 4. The largest absolute Gasteiger partial charge is 4.00 e. The van der Waals surface area contributed by atoms with Crippen LogP contribution in [0, 0.1) is 0 Å². The van der Waals surface area contributed by atoms with Gasteiger partial charge in [0.2, 0.25) is 0 Å². The molecule has 0 saturated heterocycles. The summed E-state index contributed by atoms with van der Waals surface area (Å²) in [4.78, 5) is 66.0. The molecule has 9 rings (SSSR count). The smallest absolute Gasteiger partial charge is 0.677 e. The molecule has 12 nitrogen and oxygen atoms in total. The number of fused-ring (bicyclic) bond motifs is 6. The summed E-state index contributed by atoms with van der Waals surface area (Å²) in [6.45, 7) is 0. The molecule has 0 fully saturated rings. The van der Waals surface area contributed by atoms with Crippen molar-refractivity contribution in [3.63, 3.8) is 0 Å². The monoisotopic (exact) mass is 904 g/mol. The molecule has 4 aliphatic heterocycles. The Labute approximate surface area is 385 Å². The van der Waals surface area contributed by atoms with E-state index in [-0.39, 0.29) is 17.1 Å². The third-order valence-corrected chi connectivity index (χ3v) is 11.7. The van der Waals surface area contributed by atoms with Crippen LogP contribution < -0.4 is 4.98 Å². The van der Waals surface area contributed by atoms with Gasteiger partial charge >= 0.3 is 40.9 Å². The van der Waals surface area contributed by atoms with Crippen LogP contribution in [0.15, 0.2) is 167 Å². The van der Waals surface area contributed by atoms with E-state index in [1.807, 2.05) is 97.1 Å². The van der Waals surface area contributed by atoms with Gasteiger partial charge in [0.05, 0.1) is 68.1 Å². The molecule has 1 aromatic heterocycles. The summed E-state index contributed by atoms with van der Waals surface area (Å²) < 4.78 is 20.0. The van der Waals surface area contributed by atoms with Gasteiger partial charge in [-0.3, -0.25) is 9.98 Å². The number of carbonyl (C=O) groups is 4. The van der Waals surface area contributed by atoms with Gasteiger partial charge in [0.25, 0.3) is 0 Å². The number of hydrogen-bond donors (Lipinski definition) is 0. The Morgan fingerprint density at radius 1 is 0.523 bits per heavy atom. The molecule has 4 aromatic carbocycles. The van der Waals surface area contributed by atoms with Crippen molar-refractivity contribution < 1.29 is 55.2 Å². The summed E-state index contributed by atoms with van der Waals surface area (Å²) in [5.41, 5.74) is 10.6. The number of nitrogens with zero attached hydrogens (tertiary/aromatic N) is 4. The molecular formula is C52H40FeN4O8+2. The summed E-state index contributed by atoms with van der Waals surface area (Å²) in [6, 6.07) is 31.9. The summed E-state index contributed by atoms with van der Waals surface area (Å²) in [5, 5.41) is 5.39. The molecule has 0 amide bonds. The molecular weight excluding hydrogens is 864 g/mol. The molecule has 0 saturated carbocycles. The summed E-state index contributed by atoms with van der Waals surface area (Å²) >= 11 is 0. The van der Waals surface area contributed by atoms with E-state index >= 15 is 0 Å². The molecule has 0 aliphatic carbocycles. The van der Waals surface area contributed by atoms with E-state index in [2.05, 4.69) is 0 Å². The molecule has 5 aromatic rings. The Bertz CT molecular complexity index is 2920. The minimum Gasteiger partial charge on any atom is -0.677 e. The maximum absolute atomic E-state index is 12.5. The quantitative estimate of drug-likeness (QED) is 0.0845. The molecule has 13 heteroatoms. The van der Waals surface area contributed by atoms with E-state index in [0.717, 1.165) is 44.8 Å². The fraction of sp³-hybridized carbons (Fsp3) is 0.154. The molecule has 0 N–H and O–H groups in total. The number of esters is 4. The normalized spacial score (nSPS) is 21.4. The van der Waals surface area contributed by atoms with Gasteiger partial charge in [0, 0.05) is 17.5 Å². The van der Waals surface area contributed by atoms with Crippen molar-refractivity contribution in [3.05, 3.63) is 218 Å². The van der Waals surface area contributed by atoms with E-state index in [0.29, 0.717) is 45.1 Å². The molecule has 5 heterocycles. The van der Waals surface area contributed by atoms with Gasteiger partial charge in [-0.1, -0.05) is 84.9 Å². The van der Waals surface area contributed by atoms with Crippen molar-refractivity contribution >= 4 is 46.4 Å². The van der Waals surface area contributed by atoms with Gasteiger partial charge in [-0.05, 0) is 100 Å². The zero-order valence-electron chi connectivity index (χ0n) is 35.6. The maximum atomic E-state index is 12.5. The first-order chi connectivity index (χ1) is 31.2. The van der Waals surface area contributed by atoms with E-state index in [1.165, 1.54) is 28.4 Å². The Hall–Kier alpha value is -7.60. The van der Waals surface area contributed by atoms with E-state index < -0.39 is 47.8 Å². The van der Waals surface area contributed by atoms with Crippen LogP contribution in [0.5, 0.6) is 0 Å². The number of allylic oxidation sites excluding steroid dienone is 5. The number of benzene rings is 4. The van der Waals surface area contributed by atoms with Crippen molar-refractivity contribution in [2.45, 2.75) is 23.9 Å². The van der Waals surface area contributed by atoms with Crippen molar-refractivity contribution in [2.75, 3.05) is 28.4 Å². The van der Waals surface area contributed by atoms with Gasteiger partial charge in [-0.2, -0.15) is 0 Å². The average molecular weight is 905 g/mol. The second-order valence-corrected chi connectivity index (χ2v) is 15.3. The predicted octanol–water partition coefficient (Wildman–Crippen LogP) is 8.59. The molecule has 8 bridgehead atoms. The topological polar surface area (TPSA) is 158 Å². The maximum Gasteiger partial charge on any atom is 4.00 e. The van der Waals surface area contributed by atoms with Gasteiger partial charge in [-0.15, -0.1) is 17.1 Å². The van der Waals surface area contributed by atoms with E-state index in [1.54, 1.807) is 48.5 Å². The molecule has 0 radical (unpaired) electrons. The molecule has 0 spiro atoms. The zero-order valence-corrected chi connectivity index (χ0v) is 36.7. The van der Waals surface area contributed by atoms with Crippen molar-refractivity contribution in [1.82, 2.24) is 4.98 Å². The van der Waals surface area contributed by atoms with E-state index in [9.17, 15) is 19.2 Å². The number of ether oxygens (including phenoxy) is 4. The number of hydrogen-bond acceptors (Lipinski definition) is 10. The first-order valence-electron chi connectivity index (χ1n) is 20.5. The van der Waals surface area contributed by atoms with Crippen LogP contribution in [-0.2, 0) is 36.0 Å². The van der Waals surface area contributed by atoms with Crippen LogP contribution in [0.3, 0.4) is 0 Å². The predicted molar refractivity (Wildman–Crippen MR) is 242 cm³/mol. The van der Waals surface area contributed by atoms with E-state index in [4.69, 9.17) is 39.2 Å². The fourth-order valence-electron chi connectivity index (χ4n) is 8.53. The number of aliphatic imine (C=N–C) groups is 2. The van der Waals surface area contributed by atoms with Crippen LogP contribution in [-0.4, -0.2) is 75.8 Å². The molecule has 4 atom stereocenters. The minimum atomic E-state index is -0.452. The van der Waals surface area contributed by atoms with Gasteiger partial charge in [0.15, 0.2) is 0 Å². The van der Waals surface area contributed by atoms with Crippen LogP contribution in [0.1, 0.15) is 86.9 Å².